The Kier molecular flexibility index (Phi) is 42.1. The SMILES string of the molecule is CC(C)Cc1cc(-c2ccnc(-c3[c-]cccc3)c2)ccc1F.CC(C)c1cc(-c2ccnc(-c3[c-]cccc3)c2)ccc1F.Cc1ccc(-c2[c-]cccc2)nc1.Cc1ccc(-c2[c-]cccc2)nc1.[2H]C([2H])(C)c1ccc(-c2ccc(-c3[c-]cccc3)nc2)cc1.[2H]C([2H])([2H])c1ccc(-c2ccc(-c3[c-]cccc3)nc2)cc1.[Ir].[Ir].[Ir].[Ir].[c-]1ccccc1-c1ccccn1.[c-]1ccccc1-c1ccccn1. The first-order chi connectivity index (χ1) is 67.5. The van der Waals surface area contributed by atoms with Crippen molar-refractivity contribution in [1.29, 1.82) is 0 Å². The largest absolute Gasteiger partial charge is 0.305 e. The van der Waals surface area contributed by atoms with Crippen LogP contribution in [0.1, 0.15) is 80.8 Å². The average Bonchev–Trinajstić information content (AvgIpc) is 0.845. The molecule has 0 spiro atoms. The topological polar surface area (TPSA) is 103 Å². The first-order valence-corrected chi connectivity index (χ1v) is 44.1. The molecule has 8 nitrogen and oxygen atoms in total. The molecule has 0 saturated carbocycles. The molecule has 0 aliphatic heterocycles. The van der Waals surface area contributed by atoms with Crippen molar-refractivity contribution in [3.8, 4) is 135 Å². The van der Waals surface area contributed by atoms with Crippen LogP contribution in [0.5, 0.6) is 0 Å². The van der Waals surface area contributed by atoms with Crippen molar-refractivity contribution in [3.05, 3.63) is 531 Å². The third kappa shape index (κ3) is 33.9. The number of hydrogen-bond donors (Lipinski definition) is 0. The van der Waals surface area contributed by atoms with E-state index in [-0.39, 0.29) is 98.0 Å². The summed E-state index contributed by atoms with van der Waals surface area (Å²) in [7, 11) is 0. The van der Waals surface area contributed by atoms with Crippen LogP contribution in [0, 0.1) is 86.8 Å². The summed E-state index contributed by atoms with van der Waals surface area (Å²) in [5.41, 5.74) is 28.3. The molecule has 14 heteroatoms. The predicted octanol–water partition coefficient (Wildman–Crippen LogP) is 31.1. The molecule has 4 radical (unpaired) electrons. The second-order valence-corrected chi connectivity index (χ2v) is 31.5. The quantitative estimate of drug-likeness (QED) is 0.0882. The van der Waals surface area contributed by atoms with Gasteiger partial charge in [-0.15, -0.1) is 287 Å². The molecule has 8 heterocycles. The van der Waals surface area contributed by atoms with Crippen LogP contribution in [0.25, 0.3) is 135 Å². The molecule has 0 amide bonds. The van der Waals surface area contributed by atoms with Crippen LogP contribution < -0.4 is 0 Å². The molecular weight excluding hydrogens is 2410 g/mol. The van der Waals surface area contributed by atoms with Gasteiger partial charge in [-0.25, -0.2) is 8.78 Å². The molecule has 0 atom stereocenters. The van der Waals surface area contributed by atoms with E-state index in [1.165, 1.54) is 11.1 Å². The zero-order chi connectivity index (χ0) is 97.6. The van der Waals surface area contributed by atoms with E-state index in [1.54, 1.807) is 62.2 Å². The summed E-state index contributed by atoms with van der Waals surface area (Å²) in [4.78, 5) is 34.8. The standard InChI is InChI=1S/C21H19FN.C20H17FN.C19H16N.C18H14N.2C12H10N.2C11H8N.4Ir/c1-15(2)12-19-13-17(8-9-20(19)22)18-10-11-23-21(14-18)16-6-4-3-5-7-16;1-14(2)18-12-16(8-9-19(18)21)17-10-11-22-20(13-17)15-6-4-3-5-7-15;1-2-15-8-10-16(11-9-15)18-12-13-19(20-14-18)17-6-4-3-5-7-17;1-14-7-9-15(10-8-14)17-11-12-18(19-13-17)16-5-3-2-4-6-16;2*1-10-7-8-12(13-9-10)11-5-3-2-4-6-11;2*1-2-6-10(7-3-1)11-8-4-5-9-12-11;;;;/h3-6,8-11,13-15H,12H2,1-2H3;3-6,8-14H,1-2H3;3-6,8-14H,2H2,1H3;2-5,7-13H,1H3;2*2-5,7-9H,1H3;2*1-6,8-9H;;;;/q8*-1;;;;/i;;2D2;1D3;;;;;;;;. The molecule has 20 rings (SSSR count). The number of hydrogen-bond acceptors (Lipinski definition) is 8. The fourth-order valence-corrected chi connectivity index (χ4v) is 13.7. The van der Waals surface area contributed by atoms with E-state index < -0.39 is 13.2 Å². The van der Waals surface area contributed by atoms with Gasteiger partial charge < -0.3 is 39.9 Å². The third-order valence-electron chi connectivity index (χ3n) is 20.8. The van der Waals surface area contributed by atoms with Gasteiger partial charge in [0.15, 0.2) is 0 Å². The number of nitrogens with zero attached hydrogens (tertiary/aromatic N) is 8. The van der Waals surface area contributed by atoms with Crippen LogP contribution in [0.4, 0.5) is 8.78 Å². The minimum Gasteiger partial charge on any atom is -0.305 e. The summed E-state index contributed by atoms with van der Waals surface area (Å²) < 4.78 is 65.4. The second kappa shape index (κ2) is 58.0. The summed E-state index contributed by atoms with van der Waals surface area (Å²) in [6.45, 7) is 11.8. The maximum atomic E-state index is 14.0. The predicted molar refractivity (Wildman–Crippen MR) is 546 cm³/mol. The summed E-state index contributed by atoms with van der Waals surface area (Å²) in [5, 5.41) is 0. The normalized spacial score (nSPS) is 10.8. The van der Waals surface area contributed by atoms with Crippen LogP contribution in [0.15, 0.2) is 438 Å². The molecule has 0 fully saturated rings. The molecule has 0 aliphatic rings. The second-order valence-electron chi connectivity index (χ2n) is 31.5. The van der Waals surface area contributed by atoms with Gasteiger partial charge in [-0.05, 0) is 212 Å². The molecule has 138 heavy (non-hydrogen) atoms. The molecule has 8 aromatic heterocycles. The van der Waals surface area contributed by atoms with Gasteiger partial charge in [0.05, 0.1) is 0 Å². The number of halogens is 2. The Balaban J connectivity index is 0.000000184. The van der Waals surface area contributed by atoms with Crippen molar-refractivity contribution >= 4 is 0 Å². The Morgan fingerprint density at radius 2 is 0.558 bits per heavy atom. The first-order valence-electron chi connectivity index (χ1n) is 46.6. The fraction of sp³-hybridized carbons (Fsp3) is 0.0968. The van der Waals surface area contributed by atoms with Crippen molar-refractivity contribution in [3.63, 3.8) is 0 Å². The zero-order valence-electron chi connectivity index (χ0n) is 82.1. The number of rotatable bonds is 16. The Morgan fingerprint density at radius 1 is 0.268 bits per heavy atom. The Hall–Kier alpha value is -13.7. The summed E-state index contributed by atoms with van der Waals surface area (Å²) >= 11 is 0. The molecule has 0 saturated heterocycles. The Morgan fingerprint density at radius 3 is 0.855 bits per heavy atom. The van der Waals surface area contributed by atoms with Gasteiger partial charge in [-0.1, -0.05) is 186 Å². The van der Waals surface area contributed by atoms with Crippen LogP contribution in [0.2, 0.25) is 0 Å². The Bertz CT molecular complexity index is 6690. The zero-order valence-corrected chi connectivity index (χ0v) is 86.7. The van der Waals surface area contributed by atoms with Gasteiger partial charge in [-0.3, -0.25) is 0 Å². The molecule has 20 aromatic rings. The van der Waals surface area contributed by atoms with Crippen molar-refractivity contribution in [2.24, 2.45) is 5.92 Å². The molecule has 0 aliphatic carbocycles. The van der Waals surface area contributed by atoms with Crippen molar-refractivity contribution in [2.75, 3.05) is 0 Å². The van der Waals surface area contributed by atoms with E-state index in [0.717, 1.165) is 152 Å². The van der Waals surface area contributed by atoms with E-state index in [1.807, 2.05) is 398 Å². The summed E-state index contributed by atoms with van der Waals surface area (Å²) in [6.07, 6.45) is 13.9. The van der Waals surface area contributed by atoms with E-state index >= 15 is 0 Å². The molecule has 12 aromatic carbocycles. The van der Waals surface area contributed by atoms with Crippen LogP contribution in [-0.4, -0.2) is 39.9 Å². The molecule has 0 bridgehead atoms. The van der Waals surface area contributed by atoms with Crippen molar-refractivity contribution in [1.82, 2.24) is 39.9 Å². The van der Waals surface area contributed by atoms with Gasteiger partial charge in [0, 0.05) is 137 Å². The van der Waals surface area contributed by atoms with E-state index in [0.29, 0.717) is 17.0 Å². The van der Waals surface area contributed by atoms with Gasteiger partial charge in [0.25, 0.3) is 0 Å². The van der Waals surface area contributed by atoms with Crippen LogP contribution in [0.3, 0.4) is 0 Å². The van der Waals surface area contributed by atoms with Crippen LogP contribution in [-0.2, 0) is 93.2 Å². The smallest absolute Gasteiger partial charge is 0.126 e. The summed E-state index contributed by atoms with van der Waals surface area (Å²) in [6, 6.07) is 148. The van der Waals surface area contributed by atoms with Crippen LogP contribution >= 0.6 is 0 Å². The van der Waals surface area contributed by atoms with Gasteiger partial charge in [-0.2, -0.15) is 0 Å². The minimum absolute atomic E-state index is 0. The maximum Gasteiger partial charge on any atom is 0.126 e. The number of benzene rings is 12. The van der Waals surface area contributed by atoms with E-state index in [4.69, 9.17) is 6.85 Å². The molecule has 0 N–H and O–H groups in total. The van der Waals surface area contributed by atoms with Gasteiger partial charge >= 0.3 is 0 Å². The fourth-order valence-electron chi connectivity index (χ4n) is 13.7. The van der Waals surface area contributed by atoms with Gasteiger partial charge in [0.1, 0.15) is 11.6 Å². The van der Waals surface area contributed by atoms with Crippen molar-refractivity contribution in [2.45, 2.75) is 74.0 Å². The first kappa shape index (κ1) is 100. The van der Waals surface area contributed by atoms with E-state index in [9.17, 15) is 8.78 Å². The van der Waals surface area contributed by atoms with Crippen molar-refractivity contribution < 1.29 is 96.1 Å². The minimum atomic E-state index is -2.07. The maximum absolute atomic E-state index is 14.0. The molecule has 696 valence electrons. The molecular formula is C124H102F2Ir4N8-8. The number of aromatic nitrogens is 8. The Labute approximate surface area is 874 Å². The van der Waals surface area contributed by atoms with E-state index in [2.05, 4.69) is 114 Å². The third-order valence-corrected chi connectivity index (χ3v) is 20.8. The van der Waals surface area contributed by atoms with Gasteiger partial charge in [0.2, 0.25) is 0 Å². The monoisotopic (exact) mass is 2520 g/mol. The molecule has 0 unspecified atom stereocenters. The average molecular weight is 2520 g/mol. The number of pyridine rings is 8. The number of aryl methyl sites for hydroxylation is 4. The summed E-state index contributed by atoms with van der Waals surface area (Å²) in [5.74, 6) is 0.299.